The number of carbonyl (C=O) groups is 3. The average Bonchev–Trinajstić information content (AvgIpc) is 3.39. The lowest BCUT2D eigenvalue weighted by Crippen LogP contribution is -2.45. The molecule has 0 spiro atoms. The van der Waals surface area contributed by atoms with Gasteiger partial charge in [0.2, 0.25) is 5.91 Å². The molecule has 3 aromatic rings. The molecule has 0 aliphatic carbocycles. The van der Waals surface area contributed by atoms with Crippen molar-refractivity contribution in [1.82, 2.24) is 14.9 Å². The molecule has 4 rings (SSSR count). The normalized spacial score (nSPS) is 16.8. The van der Waals surface area contributed by atoms with E-state index in [1.807, 2.05) is 49.4 Å². The second-order valence-electron chi connectivity index (χ2n) is 8.18. The molecule has 1 aliphatic heterocycles. The van der Waals surface area contributed by atoms with E-state index in [0.29, 0.717) is 23.5 Å². The lowest BCUT2D eigenvalue weighted by molar-refractivity contribution is -0.120. The Balaban J connectivity index is 1.49. The molecule has 192 valence electrons. The van der Waals surface area contributed by atoms with Gasteiger partial charge in [-0.3, -0.25) is 24.3 Å². The predicted octanol–water partition coefficient (Wildman–Crippen LogP) is 4.50. The van der Waals surface area contributed by atoms with Crippen LogP contribution in [0.1, 0.15) is 33.8 Å². The van der Waals surface area contributed by atoms with Gasteiger partial charge in [0.15, 0.2) is 0 Å². The molecule has 37 heavy (non-hydrogen) atoms. The number of hydrogen-bond donors (Lipinski definition) is 1. The zero-order valence-corrected chi connectivity index (χ0v) is 21.4. The number of rotatable bonds is 8. The van der Waals surface area contributed by atoms with Crippen molar-refractivity contribution in [2.24, 2.45) is 0 Å². The third-order valence-corrected chi connectivity index (χ3v) is 7.17. The molecule has 9 nitrogen and oxygen atoms in total. The van der Waals surface area contributed by atoms with Gasteiger partial charge in [-0.05, 0) is 54.4 Å². The van der Waals surface area contributed by atoms with Gasteiger partial charge in [0, 0.05) is 35.9 Å². The maximum Gasteiger partial charge on any atom is 0.412 e. The first-order valence-electron chi connectivity index (χ1n) is 11.8. The summed E-state index contributed by atoms with van der Waals surface area (Å²) in [6.07, 6.45) is 2.74. The molecule has 0 radical (unpaired) electrons. The number of thioether (sulfide) groups is 1. The van der Waals surface area contributed by atoms with Crippen molar-refractivity contribution in [2.75, 3.05) is 24.7 Å². The van der Waals surface area contributed by atoms with Crippen LogP contribution in [-0.2, 0) is 21.0 Å². The van der Waals surface area contributed by atoms with Crippen LogP contribution in [0, 0.1) is 0 Å². The summed E-state index contributed by atoms with van der Waals surface area (Å²) in [4.78, 5) is 49.6. The predicted molar refractivity (Wildman–Crippen MR) is 140 cm³/mol. The summed E-state index contributed by atoms with van der Waals surface area (Å²) in [6, 6.07) is 18.8. The fourth-order valence-corrected chi connectivity index (χ4v) is 5.35. The summed E-state index contributed by atoms with van der Waals surface area (Å²) in [6.45, 7) is 2.32. The molecule has 10 heteroatoms. The van der Waals surface area contributed by atoms with Crippen molar-refractivity contribution >= 4 is 35.4 Å². The van der Waals surface area contributed by atoms with Crippen molar-refractivity contribution in [3.05, 3.63) is 95.8 Å². The minimum Gasteiger partial charge on any atom is -0.444 e. The van der Waals surface area contributed by atoms with E-state index in [1.54, 1.807) is 36.7 Å². The second-order valence-corrected chi connectivity index (χ2v) is 9.29. The molecule has 2 heterocycles. The number of benzene rings is 2. The first-order valence-corrected chi connectivity index (χ1v) is 12.8. The standard InChI is InChI=1S/C27H28N4O5S/c1-3-30(35-2)25(33)20-9-11-22(12-10-20)29-24(32)23-18-37-26(21-13-15-28-16-14-21)31(23)27(34)36-17-19-7-5-4-6-8-19/h4-16,23,26H,3,17-18H2,1-2H3,(H,29,32). The molecule has 0 bridgehead atoms. The van der Waals surface area contributed by atoms with Gasteiger partial charge >= 0.3 is 6.09 Å². The largest absolute Gasteiger partial charge is 0.444 e. The van der Waals surface area contributed by atoms with Gasteiger partial charge in [-0.2, -0.15) is 0 Å². The van der Waals surface area contributed by atoms with E-state index >= 15 is 0 Å². The van der Waals surface area contributed by atoms with Crippen LogP contribution >= 0.6 is 11.8 Å². The highest BCUT2D eigenvalue weighted by atomic mass is 32.2. The van der Waals surface area contributed by atoms with Crippen LogP contribution in [-0.4, -0.2) is 58.3 Å². The molecular weight excluding hydrogens is 492 g/mol. The molecule has 1 aromatic heterocycles. The van der Waals surface area contributed by atoms with Crippen LogP contribution in [0.2, 0.25) is 0 Å². The van der Waals surface area contributed by atoms with E-state index in [0.717, 1.165) is 11.1 Å². The number of nitrogens with one attached hydrogen (secondary N) is 1. The van der Waals surface area contributed by atoms with Crippen LogP contribution in [0.3, 0.4) is 0 Å². The fraction of sp³-hybridized carbons (Fsp3) is 0.259. The lowest BCUT2D eigenvalue weighted by Gasteiger charge is -2.28. The summed E-state index contributed by atoms with van der Waals surface area (Å²) >= 11 is 1.49. The first kappa shape index (κ1) is 26.2. The molecule has 1 N–H and O–H groups in total. The van der Waals surface area contributed by atoms with Gasteiger partial charge in [-0.1, -0.05) is 30.3 Å². The van der Waals surface area contributed by atoms with Gasteiger partial charge in [-0.15, -0.1) is 11.8 Å². The number of nitrogens with zero attached hydrogens (tertiary/aromatic N) is 3. The third-order valence-electron chi connectivity index (χ3n) is 5.84. The fourth-order valence-electron chi connectivity index (χ4n) is 3.93. The highest BCUT2D eigenvalue weighted by molar-refractivity contribution is 7.99. The summed E-state index contributed by atoms with van der Waals surface area (Å²) < 4.78 is 5.60. The maximum absolute atomic E-state index is 13.3. The third kappa shape index (κ3) is 6.28. The molecule has 3 amide bonds. The number of ether oxygens (including phenoxy) is 1. The number of anilines is 1. The molecule has 2 unspecified atom stereocenters. The minimum atomic E-state index is -0.753. The van der Waals surface area contributed by atoms with Crippen LogP contribution in [0.5, 0.6) is 0 Å². The zero-order valence-electron chi connectivity index (χ0n) is 20.6. The topological polar surface area (TPSA) is 101 Å². The molecule has 0 saturated carbocycles. The van der Waals surface area contributed by atoms with E-state index in [-0.39, 0.29) is 18.4 Å². The number of hydrogen-bond acceptors (Lipinski definition) is 7. The summed E-state index contributed by atoms with van der Waals surface area (Å²) in [5.41, 5.74) is 2.65. The van der Waals surface area contributed by atoms with Crippen LogP contribution in [0.4, 0.5) is 10.5 Å². The molecule has 1 aliphatic rings. The van der Waals surface area contributed by atoms with Crippen LogP contribution in [0.15, 0.2) is 79.1 Å². The first-order chi connectivity index (χ1) is 18.0. The van der Waals surface area contributed by atoms with E-state index in [4.69, 9.17) is 9.57 Å². The van der Waals surface area contributed by atoms with E-state index in [2.05, 4.69) is 10.3 Å². The number of pyridine rings is 1. The number of hydroxylamine groups is 2. The Bertz CT molecular complexity index is 1210. The molecule has 2 aromatic carbocycles. The van der Waals surface area contributed by atoms with E-state index in [1.165, 1.54) is 28.8 Å². The summed E-state index contributed by atoms with van der Waals surface area (Å²) in [5.74, 6) is -0.218. The molecule has 1 fully saturated rings. The Labute approximate surface area is 219 Å². The number of aromatic nitrogens is 1. The lowest BCUT2D eigenvalue weighted by atomic mass is 10.1. The minimum absolute atomic E-state index is 0.101. The van der Waals surface area contributed by atoms with Gasteiger partial charge in [0.1, 0.15) is 18.0 Å². The Morgan fingerprint density at radius 1 is 1.05 bits per heavy atom. The Morgan fingerprint density at radius 3 is 2.41 bits per heavy atom. The van der Waals surface area contributed by atoms with Gasteiger partial charge < -0.3 is 10.1 Å². The van der Waals surface area contributed by atoms with Crippen LogP contribution in [0.25, 0.3) is 0 Å². The van der Waals surface area contributed by atoms with Gasteiger partial charge in [0.25, 0.3) is 5.91 Å². The van der Waals surface area contributed by atoms with Crippen LogP contribution < -0.4 is 5.32 Å². The maximum atomic E-state index is 13.3. The summed E-state index contributed by atoms with van der Waals surface area (Å²) in [7, 11) is 1.44. The highest BCUT2D eigenvalue weighted by Gasteiger charge is 2.43. The Kier molecular flexibility index (Phi) is 8.76. The number of amides is 3. The van der Waals surface area contributed by atoms with Crippen molar-refractivity contribution in [3.8, 4) is 0 Å². The Hall–Kier alpha value is -3.89. The van der Waals surface area contributed by atoms with Crippen molar-refractivity contribution in [1.29, 1.82) is 0 Å². The smallest absolute Gasteiger partial charge is 0.412 e. The van der Waals surface area contributed by atoms with Crippen molar-refractivity contribution in [2.45, 2.75) is 24.9 Å². The van der Waals surface area contributed by atoms with Gasteiger partial charge in [-0.25, -0.2) is 9.86 Å². The summed E-state index contributed by atoms with van der Waals surface area (Å²) in [5, 5.41) is 3.71. The zero-order chi connectivity index (χ0) is 26.2. The monoisotopic (exact) mass is 520 g/mol. The van der Waals surface area contributed by atoms with E-state index < -0.39 is 17.5 Å². The average molecular weight is 521 g/mol. The van der Waals surface area contributed by atoms with Gasteiger partial charge in [0.05, 0.1) is 7.11 Å². The quantitative estimate of drug-likeness (QED) is 0.437. The molecule has 2 atom stereocenters. The molecular formula is C27H28N4O5S. The second kappa shape index (κ2) is 12.4. The van der Waals surface area contributed by atoms with Crippen molar-refractivity contribution in [3.63, 3.8) is 0 Å². The SMILES string of the molecule is CCN(OC)C(=O)c1ccc(NC(=O)C2CSC(c3ccncc3)N2C(=O)OCc2ccccc2)cc1. The van der Waals surface area contributed by atoms with Crippen molar-refractivity contribution < 1.29 is 24.0 Å². The Morgan fingerprint density at radius 2 is 1.76 bits per heavy atom. The van der Waals surface area contributed by atoms with E-state index in [9.17, 15) is 14.4 Å². The highest BCUT2D eigenvalue weighted by Crippen LogP contribution is 2.42. The number of carbonyl (C=O) groups excluding carboxylic acids is 3. The molecule has 1 saturated heterocycles.